The minimum atomic E-state index is 0.270. The highest BCUT2D eigenvalue weighted by atomic mass is 14.9. The highest BCUT2D eigenvalue weighted by molar-refractivity contribution is 5.33. The maximum Gasteiger partial charge on any atom is 0.0578 e. The van der Waals surface area contributed by atoms with Crippen LogP contribution in [-0.4, -0.2) is 6.04 Å². The van der Waals surface area contributed by atoms with Crippen molar-refractivity contribution in [2.45, 2.75) is 32.9 Å². The first-order chi connectivity index (χ1) is 8.66. The van der Waals surface area contributed by atoms with Crippen molar-refractivity contribution in [3.05, 3.63) is 71.3 Å². The van der Waals surface area contributed by atoms with Gasteiger partial charge in [-0.2, -0.15) is 0 Å². The smallest absolute Gasteiger partial charge is 0.0578 e. The van der Waals surface area contributed by atoms with E-state index in [9.17, 15) is 0 Å². The molecule has 0 aliphatic heterocycles. The van der Waals surface area contributed by atoms with Crippen molar-refractivity contribution in [3.63, 3.8) is 0 Å². The molecule has 0 spiro atoms. The van der Waals surface area contributed by atoms with Gasteiger partial charge in [-0.05, 0) is 31.9 Å². The lowest BCUT2D eigenvalue weighted by molar-refractivity contribution is 0.528. The molecule has 0 amide bonds. The molecule has 0 saturated carbocycles. The van der Waals surface area contributed by atoms with Gasteiger partial charge in [0.05, 0.1) is 6.04 Å². The van der Waals surface area contributed by atoms with Crippen LogP contribution in [0.4, 0.5) is 0 Å². The zero-order valence-electron chi connectivity index (χ0n) is 11.4. The molecule has 1 atom stereocenters. The second kappa shape index (κ2) is 5.83. The second-order valence-electron chi connectivity index (χ2n) is 5.08. The molecule has 0 aromatic heterocycles. The molecule has 0 aliphatic carbocycles. The van der Waals surface area contributed by atoms with E-state index in [4.69, 9.17) is 0 Å². The van der Waals surface area contributed by atoms with E-state index in [1.54, 1.807) is 0 Å². The molecular formula is C17H21N. The summed E-state index contributed by atoms with van der Waals surface area (Å²) < 4.78 is 0. The van der Waals surface area contributed by atoms with Gasteiger partial charge in [0, 0.05) is 6.04 Å². The van der Waals surface area contributed by atoms with Crippen molar-refractivity contribution in [2.75, 3.05) is 0 Å². The summed E-state index contributed by atoms with van der Waals surface area (Å²) >= 11 is 0. The third kappa shape index (κ3) is 3.21. The summed E-state index contributed by atoms with van der Waals surface area (Å²) in [7, 11) is 0. The molecule has 1 nitrogen and oxygen atoms in total. The first kappa shape index (κ1) is 12.8. The summed E-state index contributed by atoms with van der Waals surface area (Å²) in [5.41, 5.74) is 3.94. The molecule has 1 heteroatoms. The van der Waals surface area contributed by atoms with Gasteiger partial charge >= 0.3 is 0 Å². The molecule has 0 radical (unpaired) electrons. The van der Waals surface area contributed by atoms with Crippen molar-refractivity contribution in [1.82, 2.24) is 5.32 Å². The van der Waals surface area contributed by atoms with E-state index in [2.05, 4.69) is 80.7 Å². The average molecular weight is 239 g/mol. The summed E-state index contributed by atoms with van der Waals surface area (Å²) in [4.78, 5) is 0. The second-order valence-corrected chi connectivity index (χ2v) is 5.08. The first-order valence-corrected chi connectivity index (χ1v) is 6.54. The molecule has 0 heterocycles. The van der Waals surface area contributed by atoms with Gasteiger partial charge in [0.2, 0.25) is 0 Å². The van der Waals surface area contributed by atoms with Crippen LogP contribution in [-0.2, 0) is 0 Å². The van der Waals surface area contributed by atoms with Gasteiger partial charge in [-0.3, -0.25) is 0 Å². The van der Waals surface area contributed by atoms with Crippen molar-refractivity contribution >= 4 is 0 Å². The zero-order valence-corrected chi connectivity index (χ0v) is 11.4. The normalized spacial score (nSPS) is 12.7. The van der Waals surface area contributed by atoms with Crippen LogP contribution < -0.4 is 5.32 Å². The Bertz CT molecular complexity index is 471. The Kier molecular flexibility index (Phi) is 4.16. The van der Waals surface area contributed by atoms with Gasteiger partial charge in [-0.15, -0.1) is 0 Å². The summed E-state index contributed by atoms with van der Waals surface area (Å²) in [5.74, 6) is 0. The van der Waals surface area contributed by atoms with Crippen molar-refractivity contribution in [3.8, 4) is 0 Å². The number of benzene rings is 2. The third-order valence-electron chi connectivity index (χ3n) is 3.04. The lowest BCUT2D eigenvalue weighted by atomic mass is 9.97. The van der Waals surface area contributed by atoms with Gasteiger partial charge < -0.3 is 5.32 Å². The summed E-state index contributed by atoms with van der Waals surface area (Å²) in [6.45, 7) is 6.49. The van der Waals surface area contributed by atoms with Crippen LogP contribution in [0.15, 0.2) is 54.6 Å². The van der Waals surface area contributed by atoms with Gasteiger partial charge in [-0.25, -0.2) is 0 Å². The fourth-order valence-corrected chi connectivity index (χ4v) is 2.12. The Morgan fingerprint density at radius 3 is 1.89 bits per heavy atom. The van der Waals surface area contributed by atoms with Crippen LogP contribution >= 0.6 is 0 Å². The summed E-state index contributed by atoms with van der Waals surface area (Å²) in [6, 6.07) is 20.1. The molecule has 2 aromatic carbocycles. The lowest BCUT2D eigenvalue weighted by Gasteiger charge is -2.22. The van der Waals surface area contributed by atoms with E-state index < -0.39 is 0 Å². The van der Waals surface area contributed by atoms with Crippen molar-refractivity contribution in [1.29, 1.82) is 0 Å². The van der Waals surface area contributed by atoms with Crippen LogP contribution in [0.2, 0.25) is 0 Å². The van der Waals surface area contributed by atoms with E-state index in [0.29, 0.717) is 6.04 Å². The Morgan fingerprint density at radius 2 is 1.33 bits per heavy atom. The standard InChI is InChI=1S/C17H21N/c1-13(2)18-17(15-7-5-4-6-8-15)16-11-9-14(3)10-12-16/h4-13,17-18H,1-3H3/t17-/m1/s1. The largest absolute Gasteiger partial charge is 0.304 e. The molecular weight excluding hydrogens is 218 g/mol. The lowest BCUT2D eigenvalue weighted by Crippen LogP contribution is -2.28. The fraction of sp³-hybridized carbons (Fsp3) is 0.294. The summed E-state index contributed by atoms with van der Waals surface area (Å²) in [5, 5.41) is 3.63. The van der Waals surface area contributed by atoms with Crippen LogP contribution in [0.5, 0.6) is 0 Å². The fourth-order valence-electron chi connectivity index (χ4n) is 2.12. The molecule has 1 N–H and O–H groups in total. The molecule has 2 rings (SSSR count). The molecule has 0 saturated heterocycles. The van der Waals surface area contributed by atoms with Crippen LogP contribution in [0.3, 0.4) is 0 Å². The van der Waals surface area contributed by atoms with E-state index in [0.717, 1.165) is 0 Å². The highest BCUT2D eigenvalue weighted by Gasteiger charge is 2.14. The highest BCUT2D eigenvalue weighted by Crippen LogP contribution is 2.22. The molecule has 2 aromatic rings. The van der Waals surface area contributed by atoms with E-state index in [1.807, 2.05) is 0 Å². The van der Waals surface area contributed by atoms with Crippen molar-refractivity contribution < 1.29 is 0 Å². The Morgan fingerprint density at radius 1 is 0.778 bits per heavy atom. The molecule has 18 heavy (non-hydrogen) atoms. The minimum Gasteiger partial charge on any atom is -0.304 e. The number of hydrogen-bond donors (Lipinski definition) is 1. The molecule has 0 unspecified atom stereocenters. The topological polar surface area (TPSA) is 12.0 Å². The summed E-state index contributed by atoms with van der Waals surface area (Å²) in [6.07, 6.45) is 0. The average Bonchev–Trinajstić information content (AvgIpc) is 2.38. The predicted molar refractivity (Wildman–Crippen MR) is 77.7 cm³/mol. The first-order valence-electron chi connectivity index (χ1n) is 6.54. The van der Waals surface area contributed by atoms with E-state index >= 15 is 0 Å². The van der Waals surface area contributed by atoms with E-state index in [1.165, 1.54) is 16.7 Å². The Balaban J connectivity index is 2.33. The van der Waals surface area contributed by atoms with Gasteiger partial charge in [0.1, 0.15) is 0 Å². The number of hydrogen-bond acceptors (Lipinski definition) is 1. The minimum absolute atomic E-state index is 0.270. The Labute approximate surface area is 110 Å². The Hall–Kier alpha value is -1.60. The SMILES string of the molecule is Cc1ccc([C@H](NC(C)C)c2ccccc2)cc1. The number of nitrogens with one attached hydrogen (secondary N) is 1. The van der Waals surface area contributed by atoms with Gasteiger partial charge in [0.15, 0.2) is 0 Å². The maximum atomic E-state index is 3.63. The van der Waals surface area contributed by atoms with Gasteiger partial charge in [0.25, 0.3) is 0 Å². The molecule has 0 bridgehead atoms. The van der Waals surface area contributed by atoms with Crippen molar-refractivity contribution in [2.24, 2.45) is 0 Å². The number of rotatable bonds is 4. The maximum absolute atomic E-state index is 3.63. The van der Waals surface area contributed by atoms with Gasteiger partial charge in [-0.1, -0.05) is 60.2 Å². The monoisotopic (exact) mass is 239 g/mol. The van der Waals surface area contributed by atoms with Crippen LogP contribution in [0, 0.1) is 6.92 Å². The number of aryl methyl sites for hydroxylation is 1. The zero-order chi connectivity index (χ0) is 13.0. The predicted octanol–water partition coefficient (Wildman–Crippen LogP) is 4.08. The van der Waals surface area contributed by atoms with E-state index in [-0.39, 0.29) is 6.04 Å². The van der Waals surface area contributed by atoms with Crippen LogP contribution in [0.1, 0.15) is 36.6 Å². The molecule has 0 fully saturated rings. The van der Waals surface area contributed by atoms with Crippen LogP contribution in [0.25, 0.3) is 0 Å². The quantitative estimate of drug-likeness (QED) is 0.847. The molecule has 0 aliphatic rings. The molecule has 94 valence electrons. The third-order valence-corrected chi connectivity index (χ3v) is 3.04.